The minimum atomic E-state index is -0.672. The number of carbonyl (C=O) groups excluding carboxylic acids is 2. The van der Waals surface area contributed by atoms with E-state index in [9.17, 15) is 19.2 Å². The van der Waals surface area contributed by atoms with Crippen molar-refractivity contribution in [1.82, 2.24) is 18.8 Å². The second kappa shape index (κ2) is 3.29. The number of imidazole rings is 2. The molecule has 0 N–H and O–H groups in total. The summed E-state index contributed by atoms with van der Waals surface area (Å²) in [6.45, 7) is 0. The highest BCUT2D eigenvalue weighted by Crippen LogP contribution is 2.04. The molecule has 3 rings (SSSR count). The topological polar surface area (TPSA) is 103 Å². The lowest BCUT2D eigenvalue weighted by molar-refractivity contribution is 0.561. The molecule has 0 aliphatic carbocycles. The lowest BCUT2D eigenvalue weighted by Crippen LogP contribution is -2.26. The Morgan fingerprint density at radius 1 is 0.833 bits per heavy atom. The van der Waals surface area contributed by atoms with Gasteiger partial charge in [-0.1, -0.05) is 0 Å². The first-order chi connectivity index (χ1) is 8.69. The van der Waals surface area contributed by atoms with Gasteiger partial charge < -0.3 is 0 Å². The summed E-state index contributed by atoms with van der Waals surface area (Å²) < 4.78 is 1.78. The summed E-state index contributed by atoms with van der Waals surface area (Å²) in [7, 11) is 0. The fourth-order valence-corrected chi connectivity index (χ4v) is 1.79. The van der Waals surface area contributed by atoms with Crippen molar-refractivity contribution in [2.45, 2.75) is 0 Å². The molecule has 0 aromatic carbocycles. The van der Waals surface area contributed by atoms with Crippen molar-refractivity contribution in [2.24, 2.45) is 0 Å². The van der Waals surface area contributed by atoms with Crippen LogP contribution in [0.5, 0.6) is 0 Å². The fraction of sp³-hybridized carbons (Fsp3) is 0. The lowest BCUT2D eigenvalue weighted by atomic mass is 10.3. The Bertz CT molecular complexity index is 831. The Hall–Kier alpha value is -2.90. The molecule has 0 fully saturated rings. The normalized spacial score (nSPS) is 11.1. The van der Waals surface area contributed by atoms with Crippen molar-refractivity contribution < 1.29 is 9.59 Å². The summed E-state index contributed by atoms with van der Waals surface area (Å²) in [6, 6.07) is 0. The van der Waals surface area contributed by atoms with Gasteiger partial charge in [-0.15, -0.1) is 0 Å². The number of hydrogen-bond donors (Lipinski definition) is 0. The molecule has 86 valence electrons. The molecule has 0 amide bonds. The number of nitrogens with zero attached hydrogens (tertiary/aromatic N) is 4. The van der Waals surface area contributed by atoms with Gasteiger partial charge in [0, 0.05) is 0 Å². The van der Waals surface area contributed by atoms with E-state index in [-0.39, 0.29) is 22.4 Å². The zero-order valence-corrected chi connectivity index (χ0v) is 8.58. The van der Waals surface area contributed by atoms with Crippen LogP contribution in [0, 0.1) is 0 Å². The predicted octanol–water partition coefficient (Wildman–Crippen LogP) is -1.94. The van der Waals surface area contributed by atoms with Crippen molar-refractivity contribution in [1.29, 1.82) is 0 Å². The third-order valence-corrected chi connectivity index (χ3v) is 2.57. The first kappa shape index (κ1) is 10.3. The van der Waals surface area contributed by atoms with Gasteiger partial charge in [0.15, 0.2) is 0 Å². The average Bonchev–Trinajstić information content (AvgIpc) is 2.99. The molecule has 8 nitrogen and oxygen atoms in total. The summed E-state index contributed by atoms with van der Waals surface area (Å²) in [5, 5.41) is 0. The standard InChI is InChI=1S/C10H2N4O4/c15-1-5-7-9(17)14-4-12-6(2-16)8(14)10(18)13(7)3-11-5/h3-4H. The Morgan fingerprint density at radius 2 is 1.22 bits per heavy atom. The average molecular weight is 242 g/mol. The monoisotopic (exact) mass is 242 g/mol. The molecule has 3 aromatic heterocycles. The van der Waals surface area contributed by atoms with Gasteiger partial charge in [0.05, 0.1) is 0 Å². The maximum Gasteiger partial charge on any atom is 0.283 e. The van der Waals surface area contributed by atoms with Crippen molar-refractivity contribution >= 4 is 23.6 Å². The zero-order chi connectivity index (χ0) is 12.9. The summed E-state index contributed by atoms with van der Waals surface area (Å²) in [5.74, 6) is 0. The highest BCUT2D eigenvalue weighted by atomic mass is 16.1. The molecule has 0 atom stereocenters. The van der Waals surface area contributed by atoms with Crippen molar-refractivity contribution in [3.05, 3.63) is 44.8 Å². The summed E-state index contributed by atoms with van der Waals surface area (Å²) in [4.78, 5) is 52.5. The van der Waals surface area contributed by atoms with Crippen LogP contribution < -0.4 is 11.1 Å². The van der Waals surface area contributed by atoms with E-state index in [2.05, 4.69) is 9.97 Å². The highest BCUT2D eigenvalue weighted by molar-refractivity contribution is 5.86. The van der Waals surface area contributed by atoms with Crippen LogP contribution in [-0.4, -0.2) is 31.3 Å². The number of hydrogen-bond acceptors (Lipinski definition) is 6. The maximum absolute atomic E-state index is 12.0. The van der Waals surface area contributed by atoms with Crippen LogP contribution in [0.2, 0.25) is 0 Å². The molecule has 0 aliphatic heterocycles. The van der Waals surface area contributed by atoms with Gasteiger partial charge in [0.1, 0.15) is 35.1 Å². The van der Waals surface area contributed by atoms with Crippen LogP contribution >= 0.6 is 0 Å². The van der Waals surface area contributed by atoms with E-state index in [1.165, 1.54) is 12.6 Å². The Morgan fingerprint density at radius 3 is 1.56 bits per heavy atom. The van der Waals surface area contributed by atoms with E-state index in [1.807, 2.05) is 0 Å². The summed E-state index contributed by atoms with van der Waals surface area (Å²) >= 11 is 0. The molecule has 0 unspecified atom stereocenters. The smallest absolute Gasteiger partial charge is 0.283 e. The quantitative estimate of drug-likeness (QED) is 0.517. The third kappa shape index (κ3) is 1.03. The van der Waals surface area contributed by atoms with Gasteiger partial charge in [-0.25, -0.2) is 9.97 Å². The SMILES string of the molecule is O=[C]c1ncn2c(=O)c3c([C]=O)ncn3c(=O)c12. The molecule has 2 radical (unpaired) electrons. The highest BCUT2D eigenvalue weighted by Gasteiger charge is 2.18. The third-order valence-electron chi connectivity index (χ3n) is 2.57. The Kier molecular flexibility index (Phi) is 1.88. The van der Waals surface area contributed by atoms with Gasteiger partial charge in [-0.2, -0.15) is 0 Å². The minimum Gasteiger partial charge on any atom is -0.283 e. The van der Waals surface area contributed by atoms with Crippen LogP contribution in [0.15, 0.2) is 22.2 Å². The summed E-state index contributed by atoms with van der Waals surface area (Å²) in [6.07, 6.45) is 5.00. The lowest BCUT2D eigenvalue weighted by Gasteiger charge is -1.95. The molecule has 3 aromatic rings. The molecule has 0 saturated heterocycles. The number of fused-ring (bicyclic) bond motifs is 2. The fourth-order valence-electron chi connectivity index (χ4n) is 1.79. The van der Waals surface area contributed by atoms with Gasteiger partial charge in [0.2, 0.25) is 0 Å². The molecule has 0 aliphatic rings. The molecule has 0 bridgehead atoms. The summed E-state index contributed by atoms with van der Waals surface area (Å²) in [5.41, 5.74) is -2.26. The maximum atomic E-state index is 12.0. The molecular formula is C10H2N4O4. The van der Waals surface area contributed by atoms with Crippen molar-refractivity contribution in [3.63, 3.8) is 0 Å². The molecule has 0 spiro atoms. The van der Waals surface area contributed by atoms with Crippen LogP contribution in [-0.2, 0) is 9.59 Å². The second-order valence-corrected chi connectivity index (χ2v) is 3.44. The molecule has 3 heterocycles. The van der Waals surface area contributed by atoms with E-state index < -0.39 is 11.1 Å². The zero-order valence-electron chi connectivity index (χ0n) is 8.58. The largest absolute Gasteiger partial charge is 0.283 e. The first-order valence-electron chi connectivity index (χ1n) is 4.69. The van der Waals surface area contributed by atoms with Gasteiger partial charge in [0.25, 0.3) is 23.7 Å². The van der Waals surface area contributed by atoms with E-state index in [0.717, 1.165) is 21.5 Å². The van der Waals surface area contributed by atoms with Crippen molar-refractivity contribution in [2.75, 3.05) is 0 Å². The van der Waals surface area contributed by atoms with Gasteiger partial charge in [-0.05, 0) is 0 Å². The van der Waals surface area contributed by atoms with E-state index in [4.69, 9.17) is 0 Å². The minimum absolute atomic E-state index is 0.197. The van der Waals surface area contributed by atoms with Crippen LogP contribution in [0.4, 0.5) is 0 Å². The second-order valence-electron chi connectivity index (χ2n) is 3.44. The number of aromatic nitrogens is 4. The van der Waals surface area contributed by atoms with Crippen LogP contribution in [0.25, 0.3) is 11.0 Å². The van der Waals surface area contributed by atoms with Crippen LogP contribution in [0.1, 0.15) is 11.4 Å². The molecule has 18 heavy (non-hydrogen) atoms. The predicted molar refractivity (Wildman–Crippen MR) is 57.3 cm³/mol. The van der Waals surface area contributed by atoms with Crippen molar-refractivity contribution in [3.8, 4) is 0 Å². The Balaban J connectivity index is 2.73. The van der Waals surface area contributed by atoms with E-state index in [1.54, 1.807) is 0 Å². The molecular weight excluding hydrogens is 240 g/mol. The number of rotatable bonds is 2. The van der Waals surface area contributed by atoms with E-state index in [0.29, 0.717) is 0 Å². The molecule has 0 saturated carbocycles. The van der Waals surface area contributed by atoms with Gasteiger partial charge in [-0.3, -0.25) is 28.0 Å². The van der Waals surface area contributed by atoms with Crippen LogP contribution in [0.3, 0.4) is 0 Å². The molecule has 8 heteroatoms. The first-order valence-corrected chi connectivity index (χ1v) is 4.69. The Labute approximate surface area is 97.5 Å². The van der Waals surface area contributed by atoms with Gasteiger partial charge >= 0.3 is 0 Å². The van der Waals surface area contributed by atoms with E-state index >= 15 is 0 Å².